The van der Waals surface area contributed by atoms with E-state index in [0.29, 0.717) is 6.04 Å². The van der Waals surface area contributed by atoms with Gasteiger partial charge in [-0.15, -0.1) is 0 Å². The van der Waals surface area contributed by atoms with Crippen LogP contribution in [0.3, 0.4) is 0 Å². The van der Waals surface area contributed by atoms with Crippen molar-refractivity contribution in [3.05, 3.63) is 0 Å². The summed E-state index contributed by atoms with van der Waals surface area (Å²) >= 11 is 0. The molecule has 1 rings (SSSR count). The number of hydrazine groups is 1. The molecular formula is C10H22N2O. The summed E-state index contributed by atoms with van der Waals surface area (Å²) in [5.74, 6) is 6.30. The number of ether oxygens (including phenoxy) is 1. The van der Waals surface area contributed by atoms with Crippen molar-refractivity contribution in [2.75, 3.05) is 6.61 Å². The molecular weight excluding hydrogens is 164 g/mol. The molecule has 1 fully saturated rings. The molecule has 0 radical (unpaired) electrons. The maximum Gasteiger partial charge on any atom is 0.0820 e. The van der Waals surface area contributed by atoms with E-state index in [0.717, 1.165) is 18.9 Å². The van der Waals surface area contributed by atoms with E-state index in [1.807, 2.05) is 6.92 Å². The summed E-state index contributed by atoms with van der Waals surface area (Å²) in [6.45, 7) is 7.10. The Morgan fingerprint density at radius 3 is 2.46 bits per heavy atom. The van der Waals surface area contributed by atoms with Crippen molar-refractivity contribution < 1.29 is 4.74 Å². The maximum absolute atomic E-state index is 5.79. The summed E-state index contributed by atoms with van der Waals surface area (Å²) in [5, 5.41) is 0. The van der Waals surface area contributed by atoms with E-state index >= 15 is 0 Å². The topological polar surface area (TPSA) is 47.3 Å². The zero-order valence-corrected chi connectivity index (χ0v) is 8.97. The molecule has 0 aromatic heterocycles. The molecule has 0 bridgehead atoms. The van der Waals surface area contributed by atoms with Crippen molar-refractivity contribution >= 4 is 0 Å². The first-order valence-electron chi connectivity index (χ1n) is 5.28. The van der Waals surface area contributed by atoms with Gasteiger partial charge in [0.1, 0.15) is 0 Å². The summed E-state index contributed by atoms with van der Waals surface area (Å²) in [6.07, 6.45) is 3.58. The van der Waals surface area contributed by atoms with Crippen LogP contribution in [0.5, 0.6) is 0 Å². The van der Waals surface area contributed by atoms with Gasteiger partial charge in [-0.05, 0) is 39.0 Å². The number of hydrogen-bond acceptors (Lipinski definition) is 3. The monoisotopic (exact) mass is 186 g/mol. The minimum atomic E-state index is -0.0926. The zero-order chi connectivity index (χ0) is 9.90. The van der Waals surface area contributed by atoms with Crippen molar-refractivity contribution in [2.45, 2.75) is 51.7 Å². The van der Waals surface area contributed by atoms with Gasteiger partial charge in [-0.1, -0.05) is 6.92 Å². The fourth-order valence-corrected chi connectivity index (χ4v) is 1.98. The third kappa shape index (κ3) is 2.42. The Morgan fingerprint density at radius 1 is 1.54 bits per heavy atom. The normalized spacial score (nSPS) is 24.0. The number of hydrogen-bond donors (Lipinski definition) is 2. The summed E-state index contributed by atoms with van der Waals surface area (Å²) in [4.78, 5) is 0. The molecule has 1 saturated carbocycles. The highest BCUT2D eigenvalue weighted by Gasteiger charge is 2.42. The van der Waals surface area contributed by atoms with Gasteiger partial charge in [0.25, 0.3) is 0 Å². The van der Waals surface area contributed by atoms with E-state index < -0.39 is 0 Å². The van der Waals surface area contributed by atoms with Gasteiger partial charge in [0, 0.05) is 6.61 Å². The molecule has 0 aromatic carbocycles. The maximum atomic E-state index is 5.79. The van der Waals surface area contributed by atoms with Crippen LogP contribution in [0.2, 0.25) is 0 Å². The third-order valence-corrected chi connectivity index (χ3v) is 3.11. The van der Waals surface area contributed by atoms with Crippen molar-refractivity contribution in [3.63, 3.8) is 0 Å². The van der Waals surface area contributed by atoms with Crippen LogP contribution >= 0.6 is 0 Å². The number of nitrogens with two attached hydrogens (primary N) is 1. The van der Waals surface area contributed by atoms with Gasteiger partial charge in [-0.25, -0.2) is 0 Å². The van der Waals surface area contributed by atoms with Gasteiger partial charge < -0.3 is 4.74 Å². The van der Waals surface area contributed by atoms with Gasteiger partial charge >= 0.3 is 0 Å². The standard InChI is InChI=1S/C10H22N2O/c1-4-10(3,13-5-2)9(12-11)8-6-7-8/h8-9,12H,4-7,11H2,1-3H3. The molecule has 3 heteroatoms. The van der Waals surface area contributed by atoms with E-state index in [4.69, 9.17) is 10.6 Å². The Balaban J connectivity index is 2.59. The number of nitrogens with one attached hydrogen (secondary N) is 1. The lowest BCUT2D eigenvalue weighted by Gasteiger charge is -2.36. The smallest absolute Gasteiger partial charge is 0.0820 e. The molecule has 0 aromatic rings. The van der Waals surface area contributed by atoms with E-state index in [1.165, 1.54) is 12.8 Å². The fraction of sp³-hybridized carbons (Fsp3) is 1.00. The molecule has 0 saturated heterocycles. The first-order valence-corrected chi connectivity index (χ1v) is 5.28. The molecule has 3 N–H and O–H groups in total. The Hall–Kier alpha value is -0.120. The van der Waals surface area contributed by atoms with Crippen molar-refractivity contribution in [1.82, 2.24) is 5.43 Å². The second-order valence-corrected chi connectivity index (χ2v) is 4.08. The van der Waals surface area contributed by atoms with Gasteiger partial charge in [0.2, 0.25) is 0 Å². The Labute approximate surface area is 81.0 Å². The lowest BCUT2D eigenvalue weighted by molar-refractivity contribution is -0.0604. The van der Waals surface area contributed by atoms with Gasteiger partial charge in [0.15, 0.2) is 0 Å². The van der Waals surface area contributed by atoms with Gasteiger partial charge in [-0.3, -0.25) is 11.3 Å². The molecule has 13 heavy (non-hydrogen) atoms. The van der Waals surface area contributed by atoms with Crippen LogP contribution in [-0.2, 0) is 4.74 Å². The summed E-state index contributed by atoms with van der Waals surface area (Å²) < 4.78 is 5.79. The van der Waals surface area contributed by atoms with Crippen LogP contribution in [0.1, 0.15) is 40.0 Å². The van der Waals surface area contributed by atoms with Crippen LogP contribution in [0.4, 0.5) is 0 Å². The van der Waals surface area contributed by atoms with E-state index in [-0.39, 0.29) is 5.60 Å². The van der Waals surface area contributed by atoms with Crippen LogP contribution in [-0.4, -0.2) is 18.2 Å². The predicted octanol–water partition coefficient (Wildman–Crippen LogP) is 1.43. The van der Waals surface area contributed by atoms with Crippen LogP contribution in [0.15, 0.2) is 0 Å². The number of rotatable bonds is 6. The Morgan fingerprint density at radius 2 is 2.15 bits per heavy atom. The van der Waals surface area contributed by atoms with E-state index in [1.54, 1.807) is 0 Å². The average Bonchev–Trinajstić information content (AvgIpc) is 2.90. The molecule has 2 unspecified atom stereocenters. The highest BCUT2D eigenvalue weighted by Crippen LogP contribution is 2.39. The zero-order valence-electron chi connectivity index (χ0n) is 8.97. The molecule has 0 heterocycles. The highest BCUT2D eigenvalue weighted by molar-refractivity contribution is 4.97. The average molecular weight is 186 g/mol. The molecule has 0 aliphatic heterocycles. The minimum absolute atomic E-state index is 0.0926. The first-order chi connectivity index (χ1) is 6.18. The quantitative estimate of drug-likeness (QED) is 0.487. The van der Waals surface area contributed by atoms with Crippen LogP contribution in [0.25, 0.3) is 0 Å². The second kappa shape index (κ2) is 4.40. The molecule has 0 spiro atoms. The van der Waals surface area contributed by atoms with Crippen molar-refractivity contribution in [3.8, 4) is 0 Å². The largest absolute Gasteiger partial charge is 0.374 e. The van der Waals surface area contributed by atoms with Crippen molar-refractivity contribution in [1.29, 1.82) is 0 Å². The summed E-state index contributed by atoms with van der Waals surface area (Å²) in [6, 6.07) is 0.317. The Bertz CT molecular complexity index is 159. The third-order valence-electron chi connectivity index (χ3n) is 3.11. The summed E-state index contributed by atoms with van der Waals surface area (Å²) in [7, 11) is 0. The molecule has 1 aliphatic carbocycles. The molecule has 2 atom stereocenters. The fourth-order valence-electron chi connectivity index (χ4n) is 1.98. The highest BCUT2D eigenvalue weighted by atomic mass is 16.5. The SMILES string of the molecule is CCOC(C)(CC)C(NN)C1CC1. The second-order valence-electron chi connectivity index (χ2n) is 4.08. The molecule has 3 nitrogen and oxygen atoms in total. The van der Waals surface area contributed by atoms with E-state index in [2.05, 4.69) is 19.3 Å². The summed E-state index contributed by atoms with van der Waals surface area (Å²) in [5.41, 5.74) is 2.82. The lowest BCUT2D eigenvalue weighted by atomic mass is 9.90. The first kappa shape index (κ1) is 11.0. The lowest BCUT2D eigenvalue weighted by Crippen LogP contribution is -2.54. The molecule has 0 amide bonds. The van der Waals surface area contributed by atoms with Crippen LogP contribution < -0.4 is 11.3 Å². The van der Waals surface area contributed by atoms with Gasteiger partial charge in [-0.2, -0.15) is 0 Å². The minimum Gasteiger partial charge on any atom is -0.374 e. The predicted molar refractivity (Wildman–Crippen MR) is 54.2 cm³/mol. The molecule has 78 valence electrons. The van der Waals surface area contributed by atoms with Crippen molar-refractivity contribution in [2.24, 2.45) is 11.8 Å². The van der Waals surface area contributed by atoms with Gasteiger partial charge in [0.05, 0.1) is 11.6 Å². The molecule has 1 aliphatic rings. The Kier molecular flexibility index (Phi) is 3.71. The van der Waals surface area contributed by atoms with E-state index in [9.17, 15) is 0 Å². The van der Waals surface area contributed by atoms with Crippen LogP contribution in [0, 0.1) is 5.92 Å².